The van der Waals surface area contributed by atoms with Crippen LogP contribution in [0.5, 0.6) is 5.75 Å². The lowest BCUT2D eigenvalue weighted by molar-refractivity contribution is -0.121. The van der Waals surface area contributed by atoms with Gasteiger partial charge in [-0.3, -0.25) is 4.79 Å². The second-order valence-electron chi connectivity index (χ2n) is 6.41. The van der Waals surface area contributed by atoms with Crippen LogP contribution in [-0.4, -0.2) is 69.6 Å². The normalized spacial score (nSPS) is 22.0. The molecule has 5 heteroatoms. The van der Waals surface area contributed by atoms with E-state index in [1.807, 2.05) is 24.3 Å². The molecule has 22 heavy (non-hydrogen) atoms. The molecular weight excluding hydrogens is 278 g/mol. The molecule has 1 heterocycles. The van der Waals surface area contributed by atoms with Crippen LogP contribution >= 0.6 is 0 Å². The zero-order chi connectivity index (χ0) is 16.1. The van der Waals surface area contributed by atoms with E-state index in [4.69, 9.17) is 4.74 Å². The monoisotopic (exact) mass is 305 g/mol. The van der Waals surface area contributed by atoms with Gasteiger partial charge in [-0.1, -0.05) is 18.2 Å². The van der Waals surface area contributed by atoms with Crippen molar-refractivity contribution in [3.63, 3.8) is 0 Å². The smallest absolute Gasteiger partial charge is 0.224 e. The van der Waals surface area contributed by atoms with Crippen LogP contribution in [0.15, 0.2) is 24.3 Å². The first-order valence-corrected chi connectivity index (χ1v) is 7.74. The lowest BCUT2D eigenvalue weighted by Gasteiger charge is -2.23. The minimum Gasteiger partial charge on any atom is -0.496 e. The number of amides is 1. The van der Waals surface area contributed by atoms with Crippen molar-refractivity contribution < 1.29 is 9.53 Å². The highest BCUT2D eigenvalue weighted by Gasteiger charge is 2.32. The van der Waals surface area contributed by atoms with Crippen molar-refractivity contribution in [2.24, 2.45) is 5.92 Å². The molecule has 1 aromatic carbocycles. The summed E-state index contributed by atoms with van der Waals surface area (Å²) in [6, 6.07) is 7.90. The molecule has 122 valence electrons. The van der Waals surface area contributed by atoms with Crippen molar-refractivity contribution in [1.29, 1.82) is 0 Å². The van der Waals surface area contributed by atoms with E-state index in [0.717, 1.165) is 30.9 Å². The van der Waals surface area contributed by atoms with Gasteiger partial charge in [-0.05, 0) is 27.2 Å². The van der Waals surface area contributed by atoms with Gasteiger partial charge >= 0.3 is 0 Å². The molecule has 1 aromatic rings. The summed E-state index contributed by atoms with van der Waals surface area (Å²) in [7, 11) is 7.89. The third-order valence-electron chi connectivity index (χ3n) is 4.11. The maximum absolute atomic E-state index is 12.4. The van der Waals surface area contributed by atoms with Gasteiger partial charge in [-0.25, -0.2) is 0 Å². The van der Waals surface area contributed by atoms with Crippen LogP contribution in [0.2, 0.25) is 0 Å². The molecule has 1 saturated heterocycles. The van der Waals surface area contributed by atoms with E-state index in [-0.39, 0.29) is 11.9 Å². The lowest BCUT2D eigenvalue weighted by Crippen LogP contribution is -2.43. The highest BCUT2D eigenvalue weighted by molar-refractivity contribution is 5.79. The number of carbonyl (C=O) groups is 1. The Kier molecular flexibility index (Phi) is 5.80. The number of para-hydroxylation sites is 1. The summed E-state index contributed by atoms with van der Waals surface area (Å²) in [4.78, 5) is 16.8. The van der Waals surface area contributed by atoms with Crippen molar-refractivity contribution in [2.45, 2.75) is 12.5 Å². The number of carbonyl (C=O) groups excluding carboxylic acids is 1. The average molecular weight is 305 g/mol. The van der Waals surface area contributed by atoms with Crippen LogP contribution in [0.3, 0.4) is 0 Å². The van der Waals surface area contributed by atoms with Gasteiger partial charge in [0.05, 0.1) is 13.5 Å². The van der Waals surface area contributed by atoms with E-state index in [1.165, 1.54) is 0 Å². The molecule has 0 bridgehead atoms. The Balaban J connectivity index is 1.96. The quantitative estimate of drug-likeness (QED) is 0.846. The Labute approximate surface area is 133 Å². The van der Waals surface area contributed by atoms with E-state index in [1.54, 1.807) is 7.11 Å². The minimum absolute atomic E-state index is 0.0635. The molecule has 1 N–H and O–H groups in total. The standard InChI is InChI=1S/C17H27N3O2/c1-19(2)10-14-11-20(3)12-15(14)18-17(21)9-13-7-5-6-8-16(13)22-4/h5-8,14-15H,9-12H2,1-4H3,(H,18,21)/t14-,15-/m1/s1. The average Bonchev–Trinajstić information content (AvgIpc) is 2.78. The first-order chi connectivity index (χ1) is 10.5. The van der Waals surface area contributed by atoms with E-state index < -0.39 is 0 Å². The van der Waals surface area contributed by atoms with Crippen LogP contribution < -0.4 is 10.1 Å². The number of rotatable bonds is 6. The molecule has 1 aliphatic heterocycles. The topological polar surface area (TPSA) is 44.8 Å². The summed E-state index contributed by atoms with van der Waals surface area (Å²) in [5.41, 5.74) is 0.929. The maximum Gasteiger partial charge on any atom is 0.224 e. The van der Waals surface area contributed by atoms with Crippen LogP contribution in [-0.2, 0) is 11.2 Å². The SMILES string of the molecule is COc1ccccc1CC(=O)N[C@@H]1CN(C)C[C@H]1CN(C)C. The predicted molar refractivity (Wildman–Crippen MR) is 88.2 cm³/mol. The van der Waals surface area contributed by atoms with Gasteiger partial charge in [0.1, 0.15) is 5.75 Å². The number of likely N-dealkylation sites (tertiary alicyclic amines) is 1. The van der Waals surface area contributed by atoms with Crippen LogP contribution in [0.25, 0.3) is 0 Å². The predicted octanol–water partition coefficient (Wildman–Crippen LogP) is 0.846. The molecule has 0 aromatic heterocycles. The molecule has 1 fully saturated rings. The second kappa shape index (κ2) is 7.61. The Bertz CT molecular complexity index is 504. The third-order valence-corrected chi connectivity index (χ3v) is 4.11. The van der Waals surface area contributed by atoms with Gasteiger partial charge in [-0.15, -0.1) is 0 Å². The maximum atomic E-state index is 12.4. The molecule has 1 amide bonds. The zero-order valence-corrected chi connectivity index (χ0v) is 14.0. The molecule has 0 unspecified atom stereocenters. The molecule has 1 aliphatic rings. The summed E-state index contributed by atoms with van der Waals surface area (Å²) < 4.78 is 5.31. The van der Waals surface area contributed by atoms with Gasteiger partial charge in [0.2, 0.25) is 5.91 Å². The summed E-state index contributed by atoms with van der Waals surface area (Å²) in [5, 5.41) is 3.20. The molecule has 2 rings (SSSR count). The lowest BCUT2D eigenvalue weighted by atomic mass is 10.0. The largest absolute Gasteiger partial charge is 0.496 e. The Morgan fingerprint density at radius 2 is 2.09 bits per heavy atom. The molecule has 0 radical (unpaired) electrons. The molecule has 0 spiro atoms. The van der Waals surface area contributed by atoms with Crippen molar-refractivity contribution in [3.8, 4) is 5.75 Å². The van der Waals surface area contributed by atoms with Crippen LogP contribution in [0.1, 0.15) is 5.56 Å². The first-order valence-electron chi connectivity index (χ1n) is 7.74. The van der Waals surface area contributed by atoms with Crippen molar-refractivity contribution >= 4 is 5.91 Å². The van der Waals surface area contributed by atoms with E-state index in [9.17, 15) is 4.79 Å². The first kappa shape index (κ1) is 16.8. The summed E-state index contributed by atoms with van der Waals surface area (Å²) in [5.74, 6) is 1.31. The fraction of sp³-hybridized carbons (Fsp3) is 0.588. The highest BCUT2D eigenvalue weighted by atomic mass is 16.5. The minimum atomic E-state index is 0.0635. The number of nitrogens with one attached hydrogen (secondary N) is 1. The number of likely N-dealkylation sites (N-methyl/N-ethyl adjacent to an activating group) is 1. The fourth-order valence-electron chi connectivity index (χ4n) is 3.18. The van der Waals surface area contributed by atoms with Gasteiger partial charge in [0.15, 0.2) is 0 Å². The summed E-state index contributed by atoms with van der Waals surface area (Å²) in [6.07, 6.45) is 0.360. The fourth-order valence-corrected chi connectivity index (χ4v) is 3.18. The van der Waals surface area contributed by atoms with Crippen LogP contribution in [0.4, 0.5) is 0 Å². The number of nitrogens with zero attached hydrogens (tertiary/aromatic N) is 2. The molecular formula is C17H27N3O2. The van der Waals surface area contributed by atoms with Gasteiger partial charge in [0.25, 0.3) is 0 Å². The third kappa shape index (κ3) is 4.45. The molecule has 0 aliphatic carbocycles. The molecule has 0 saturated carbocycles. The zero-order valence-electron chi connectivity index (χ0n) is 14.0. The highest BCUT2D eigenvalue weighted by Crippen LogP contribution is 2.19. The molecule has 2 atom stereocenters. The molecule has 5 nitrogen and oxygen atoms in total. The van der Waals surface area contributed by atoms with Gasteiger partial charge in [-0.2, -0.15) is 0 Å². The van der Waals surface area contributed by atoms with E-state index >= 15 is 0 Å². The summed E-state index contributed by atoms with van der Waals surface area (Å²) >= 11 is 0. The Hall–Kier alpha value is -1.59. The van der Waals surface area contributed by atoms with Crippen molar-refractivity contribution in [3.05, 3.63) is 29.8 Å². The Morgan fingerprint density at radius 3 is 2.77 bits per heavy atom. The number of benzene rings is 1. The number of hydrogen-bond acceptors (Lipinski definition) is 4. The van der Waals surface area contributed by atoms with Gasteiger partial charge in [0, 0.05) is 37.2 Å². The number of methoxy groups -OCH3 is 1. The number of hydrogen-bond donors (Lipinski definition) is 1. The van der Waals surface area contributed by atoms with Crippen molar-refractivity contribution in [1.82, 2.24) is 15.1 Å². The summed E-state index contributed by atoms with van der Waals surface area (Å²) in [6.45, 7) is 2.93. The van der Waals surface area contributed by atoms with Gasteiger partial charge < -0.3 is 19.9 Å². The van der Waals surface area contributed by atoms with E-state index in [0.29, 0.717) is 12.3 Å². The van der Waals surface area contributed by atoms with Crippen molar-refractivity contribution in [2.75, 3.05) is 47.9 Å². The number of ether oxygens (including phenoxy) is 1. The Morgan fingerprint density at radius 1 is 1.36 bits per heavy atom. The van der Waals surface area contributed by atoms with E-state index in [2.05, 4.69) is 36.3 Å². The second-order valence-corrected chi connectivity index (χ2v) is 6.41. The van der Waals surface area contributed by atoms with Crippen LogP contribution in [0, 0.1) is 5.92 Å².